The molecule has 2 N–H and O–H groups in total. The average Bonchev–Trinajstić information content (AvgIpc) is 2.07. The van der Waals surface area contributed by atoms with Crippen molar-refractivity contribution in [3.05, 3.63) is 27.7 Å². The highest BCUT2D eigenvalue weighted by Crippen LogP contribution is 2.25. The van der Waals surface area contributed by atoms with Gasteiger partial charge in [-0.15, -0.1) is 0 Å². The first-order chi connectivity index (χ1) is 6.09. The van der Waals surface area contributed by atoms with Crippen molar-refractivity contribution in [2.75, 3.05) is 11.9 Å². The normalized spacial score (nSPS) is 12.6. The lowest BCUT2D eigenvalue weighted by Crippen LogP contribution is -2.15. The van der Waals surface area contributed by atoms with E-state index in [-0.39, 0.29) is 6.10 Å². The lowest BCUT2D eigenvalue weighted by molar-refractivity contribution is 0.208. The second-order valence-electron chi connectivity index (χ2n) is 2.86. The van der Waals surface area contributed by atoms with Gasteiger partial charge in [0.05, 0.1) is 11.1 Å². The molecule has 0 heterocycles. The quantitative estimate of drug-likeness (QED) is 0.880. The topological polar surface area (TPSA) is 32.3 Å². The van der Waals surface area contributed by atoms with Crippen molar-refractivity contribution in [2.45, 2.75) is 13.0 Å². The van der Waals surface area contributed by atoms with Crippen molar-refractivity contribution in [3.63, 3.8) is 0 Å². The van der Waals surface area contributed by atoms with Gasteiger partial charge in [0.2, 0.25) is 0 Å². The summed E-state index contributed by atoms with van der Waals surface area (Å²) in [5.74, 6) is 0. The molecular formula is C9H11BrClNO. The molecule has 2 nitrogen and oxygen atoms in total. The predicted molar refractivity (Wildman–Crippen MR) is 59.3 cm³/mol. The molecular weight excluding hydrogens is 253 g/mol. The molecule has 0 aromatic heterocycles. The number of rotatable bonds is 3. The predicted octanol–water partition coefficient (Wildman–Crippen LogP) is 2.90. The molecule has 4 heteroatoms. The smallest absolute Gasteiger partial charge is 0.0684 e. The van der Waals surface area contributed by atoms with Crippen LogP contribution in [0.1, 0.15) is 6.92 Å². The molecule has 1 rings (SSSR count). The van der Waals surface area contributed by atoms with Gasteiger partial charge in [-0.3, -0.25) is 0 Å². The summed E-state index contributed by atoms with van der Waals surface area (Å²) < 4.78 is 0.872. The van der Waals surface area contributed by atoms with Crippen molar-refractivity contribution in [2.24, 2.45) is 0 Å². The first-order valence-electron chi connectivity index (χ1n) is 3.96. The molecule has 1 atom stereocenters. The molecule has 13 heavy (non-hydrogen) atoms. The van der Waals surface area contributed by atoms with E-state index in [0.29, 0.717) is 11.6 Å². The van der Waals surface area contributed by atoms with Gasteiger partial charge in [0.15, 0.2) is 0 Å². The summed E-state index contributed by atoms with van der Waals surface area (Å²) in [6, 6.07) is 5.58. The van der Waals surface area contributed by atoms with Gasteiger partial charge < -0.3 is 10.4 Å². The zero-order valence-electron chi connectivity index (χ0n) is 7.22. The Kier molecular flexibility index (Phi) is 4.03. The van der Waals surface area contributed by atoms with Crippen LogP contribution in [-0.2, 0) is 0 Å². The first kappa shape index (κ1) is 10.8. The van der Waals surface area contributed by atoms with E-state index in [2.05, 4.69) is 21.2 Å². The molecule has 72 valence electrons. The molecule has 0 aliphatic rings. The lowest BCUT2D eigenvalue weighted by atomic mass is 10.3. The second kappa shape index (κ2) is 4.84. The third kappa shape index (κ3) is 3.55. The van der Waals surface area contributed by atoms with Crippen LogP contribution in [-0.4, -0.2) is 17.8 Å². The van der Waals surface area contributed by atoms with Gasteiger partial charge in [-0.1, -0.05) is 11.6 Å². The molecule has 0 amide bonds. The number of aliphatic hydroxyl groups excluding tert-OH is 1. The van der Waals surface area contributed by atoms with Crippen LogP contribution in [0.3, 0.4) is 0 Å². The zero-order valence-corrected chi connectivity index (χ0v) is 9.56. The summed E-state index contributed by atoms with van der Waals surface area (Å²) in [7, 11) is 0. The van der Waals surface area contributed by atoms with E-state index in [0.717, 1.165) is 10.2 Å². The molecule has 0 bridgehead atoms. The fourth-order valence-electron chi connectivity index (χ4n) is 0.872. The third-order valence-electron chi connectivity index (χ3n) is 1.52. The summed E-state index contributed by atoms with van der Waals surface area (Å²) in [5.41, 5.74) is 0.911. The van der Waals surface area contributed by atoms with Crippen molar-refractivity contribution in [1.82, 2.24) is 0 Å². The van der Waals surface area contributed by atoms with Crippen LogP contribution >= 0.6 is 27.5 Å². The van der Waals surface area contributed by atoms with Gasteiger partial charge in [-0.05, 0) is 41.1 Å². The van der Waals surface area contributed by atoms with Gasteiger partial charge >= 0.3 is 0 Å². The minimum Gasteiger partial charge on any atom is -0.392 e. The number of nitrogens with one attached hydrogen (secondary N) is 1. The van der Waals surface area contributed by atoms with Crippen molar-refractivity contribution >= 4 is 33.2 Å². The Morgan fingerprint density at radius 1 is 1.62 bits per heavy atom. The van der Waals surface area contributed by atoms with Gasteiger partial charge in [0.1, 0.15) is 0 Å². The largest absolute Gasteiger partial charge is 0.392 e. The summed E-state index contributed by atoms with van der Waals surface area (Å²) in [6.07, 6.45) is -0.359. The van der Waals surface area contributed by atoms with Crippen molar-refractivity contribution in [3.8, 4) is 0 Å². The first-order valence-corrected chi connectivity index (χ1v) is 5.13. The zero-order chi connectivity index (χ0) is 9.84. The Balaban J connectivity index is 2.63. The van der Waals surface area contributed by atoms with Crippen LogP contribution in [0.4, 0.5) is 5.69 Å². The fraction of sp³-hybridized carbons (Fsp3) is 0.333. The molecule has 0 aliphatic heterocycles. The average molecular weight is 265 g/mol. The Morgan fingerprint density at radius 3 is 2.85 bits per heavy atom. The molecule has 0 saturated carbocycles. The number of hydrogen-bond donors (Lipinski definition) is 2. The van der Waals surface area contributed by atoms with E-state index in [4.69, 9.17) is 16.7 Å². The highest BCUT2D eigenvalue weighted by molar-refractivity contribution is 9.10. The molecule has 0 unspecified atom stereocenters. The molecule has 0 radical (unpaired) electrons. The van der Waals surface area contributed by atoms with Crippen LogP contribution < -0.4 is 5.32 Å². The molecule has 1 aromatic carbocycles. The maximum atomic E-state index is 9.03. The number of hydrogen-bond acceptors (Lipinski definition) is 2. The van der Waals surface area contributed by atoms with Crippen LogP contribution in [0.15, 0.2) is 22.7 Å². The van der Waals surface area contributed by atoms with Crippen LogP contribution in [0, 0.1) is 0 Å². The summed E-state index contributed by atoms with van der Waals surface area (Å²) in [5, 5.41) is 12.8. The van der Waals surface area contributed by atoms with Gasteiger partial charge in [-0.25, -0.2) is 0 Å². The molecule has 1 aromatic rings. The molecule has 0 aliphatic carbocycles. The number of aliphatic hydroxyl groups is 1. The SMILES string of the molecule is C[C@H](O)CNc1ccc(Br)c(Cl)c1. The molecule has 0 fully saturated rings. The molecule has 0 spiro atoms. The van der Waals surface area contributed by atoms with Gasteiger partial charge in [-0.2, -0.15) is 0 Å². The van der Waals surface area contributed by atoms with Crippen LogP contribution in [0.25, 0.3) is 0 Å². The summed E-state index contributed by atoms with van der Waals surface area (Å²) in [6.45, 7) is 2.26. The summed E-state index contributed by atoms with van der Waals surface area (Å²) >= 11 is 9.18. The van der Waals surface area contributed by atoms with E-state index in [1.54, 1.807) is 6.92 Å². The monoisotopic (exact) mass is 263 g/mol. The number of anilines is 1. The Bertz CT molecular complexity index is 291. The Morgan fingerprint density at radius 2 is 2.31 bits per heavy atom. The highest BCUT2D eigenvalue weighted by Gasteiger charge is 1.99. The summed E-state index contributed by atoms with van der Waals surface area (Å²) in [4.78, 5) is 0. The van der Waals surface area contributed by atoms with E-state index >= 15 is 0 Å². The second-order valence-corrected chi connectivity index (χ2v) is 4.12. The third-order valence-corrected chi connectivity index (χ3v) is 2.75. The number of halogens is 2. The van der Waals surface area contributed by atoms with Crippen LogP contribution in [0.2, 0.25) is 5.02 Å². The number of benzene rings is 1. The van der Waals surface area contributed by atoms with Crippen molar-refractivity contribution in [1.29, 1.82) is 0 Å². The van der Waals surface area contributed by atoms with E-state index in [9.17, 15) is 0 Å². The Labute approximate surface area is 91.0 Å². The van der Waals surface area contributed by atoms with Gasteiger partial charge in [0, 0.05) is 16.7 Å². The minimum absolute atomic E-state index is 0.359. The van der Waals surface area contributed by atoms with Crippen LogP contribution in [0.5, 0.6) is 0 Å². The molecule has 0 saturated heterocycles. The van der Waals surface area contributed by atoms with E-state index in [1.165, 1.54) is 0 Å². The van der Waals surface area contributed by atoms with E-state index < -0.39 is 0 Å². The Hall–Kier alpha value is -0.250. The maximum Gasteiger partial charge on any atom is 0.0684 e. The highest BCUT2D eigenvalue weighted by atomic mass is 79.9. The van der Waals surface area contributed by atoms with Gasteiger partial charge in [0.25, 0.3) is 0 Å². The lowest BCUT2D eigenvalue weighted by Gasteiger charge is -2.08. The fourth-order valence-corrected chi connectivity index (χ4v) is 1.30. The minimum atomic E-state index is -0.359. The maximum absolute atomic E-state index is 9.03. The standard InChI is InChI=1S/C9H11BrClNO/c1-6(13)5-12-7-2-3-8(10)9(11)4-7/h2-4,6,12-13H,5H2,1H3/t6-/m0/s1. The van der Waals surface area contributed by atoms with E-state index in [1.807, 2.05) is 18.2 Å². The van der Waals surface area contributed by atoms with Crippen molar-refractivity contribution < 1.29 is 5.11 Å².